The monoisotopic (exact) mass is 412 g/mol. The number of aromatic hydroxyl groups is 1. The van der Waals surface area contributed by atoms with Crippen molar-refractivity contribution in [3.8, 4) is 16.3 Å². The molecule has 1 aliphatic rings. The second-order valence-electron chi connectivity index (χ2n) is 7.14. The average molecular weight is 412 g/mol. The smallest absolute Gasteiger partial charge is 0.296 e. The van der Waals surface area contributed by atoms with Crippen LogP contribution in [0.2, 0.25) is 0 Å². The van der Waals surface area contributed by atoms with Gasteiger partial charge in [-0.25, -0.2) is 9.97 Å². The largest absolute Gasteiger partial charge is 0.501 e. The highest BCUT2D eigenvalue weighted by Gasteiger charge is 2.34. The van der Waals surface area contributed by atoms with Gasteiger partial charge in [-0.1, -0.05) is 30.3 Å². The number of nitrogens with one attached hydrogen (secondary N) is 1. The predicted octanol–water partition coefficient (Wildman–Crippen LogP) is 2.27. The Kier molecular flexibility index (Phi) is 4.93. The van der Waals surface area contributed by atoms with Crippen LogP contribution in [0, 0.1) is 0 Å². The molecule has 0 atom stereocenters. The Morgan fingerprint density at radius 1 is 1.31 bits per heavy atom. The molecule has 3 heterocycles. The van der Waals surface area contributed by atoms with Gasteiger partial charge >= 0.3 is 0 Å². The molecule has 1 aromatic carbocycles. The number of benzene rings is 1. The van der Waals surface area contributed by atoms with Gasteiger partial charge < -0.3 is 15.2 Å². The maximum absolute atomic E-state index is 12.6. The number of nitrogens with zero attached hydrogens (tertiary/aromatic N) is 3. The number of carbonyl (C=O) groups excluding carboxylic acids is 1. The third-order valence-electron chi connectivity index (χ3n) is 4.68. The maximum Gasteiger partial charge on any atom is 0.296 e. The summed E-state index contributed by atoms with van der Waals surface area (Å²) in [7, 11) is 0. The van der Waals surface area contributed by atoms with Crippen molar-refractivity contribution in [1.29, 1.82) is 0 Å². The molecule has 0 unspecified atom stereocenters. The van der Waals surface area contributed by atoms with Gasteiger partial charge in [0.1, 0.15) is 16.4 Å². The van der Waals surface area contributed by atoms with Crippen molar-refractivity contribution in [2.75, 3.05) is 6.61 Å². The average Bonchev–Trinajstić information content (AvgIpc) is 3.18. The van der Waals surface area contributed by atoms with Crippen molar-refractivity contribution in [1.82, 2.24) is 19.9 Å². The Labute approximate surface area is 170 Å². The van der Waals surface area contributed by atoms with Gasteiger partial charge in [-0.3, -0.25) is 14.2 Å². The van der Waals surface area contributed by atoms with Gasteiger partial charge in [0.05, 0.1) is 25.4 Å². The van der Waals surface area contributed by atoms with Crippen LogP contribution in [0.3, 0.4) is 0 Å². The molecule has 29 heavy (non-hydrogen) atoms. The lowest BCUT2D eigenvalue weighted by Crippen LogP contribution is -2.42. The third-order valence-corrected chi connectivity index (χ3v) is 5.62. The number of amides is 1. The highest BCUT2D eigenvalue weighted by Crippen LogP contribution is 2.27. The van der Waals surface area contributed by atoms with Gasteiger partial charge in [0.25, 0.3) is 11.5 Å². The number of rotatable bonds is 4. The molecule has 150 valence electrons. The van der Waals surface area contributed by atoms with Crippen molar-refractivity contribution in [2.24, 2.45) is 0 Å². The molecule has 2 N–H and O–H groups in total. The summed E-state index contributed by atoms with van der Waals surface area (Å²) in [5.41, 5.74) is -0.103. The molecule has 0 saturated carbocycles. The molecule has 8 nitrogen and oxygen atoms in total. The lowest BCUT2D eigenvalue weighted by atomic mass is 10.1. The molecule has 0 saturated heterocycles. The molecule has 1 aliphatic heterocycles. The van der Waals surface area contributed by atoms with E-state index >= 15 is 0 Å². The van der Waals surface area contributed by atoms with Crippen LogP contribution in [-0.4, -0.2) is 32.2 Å². The maximum atomic E-state index is 12.6. The fraction of sp³-hybridized carbons (Fsp3) is 0.300. The summed E-state index contributed by atoms with van der Waals surface area (Å²) in [5, 5.41) is 15.6. The molecule has 0 aliphatic carbocycles. The van der Waals surface area contributed by atoms with Crippen molar-refractivity contribution < 1.29 is 14.6 Å². The minimum absolute atomic E-state index is 0.154. The second kappa shape index (κ2) is 7.41. The van der Waals surface area contributed by atoms with Crippen LogP contribution in [0.4, 0.5) is 0 Å². The summed E-state index contributed by atoms with van der Waals surface area (Å²) in [5.74, 6) is -0.984. The number of fused-ring (bicyclic) bond motifs is 1. The Hall–Kier alpha value is -3.04. The van der Waals surface area contributed by atoms with Gasteiger partial charge in [-0.05, 0) is 13.8 Å². The Balaban J connectivity index is 1.55. The fourth-order valence-corrected chi connectivity index (χ4v) is 4.01. The van der Waals surface area contributed by atoms with E-state index in [-0.39, 0.29) is 18.8 Å². The number of hydrogen-bond donors (Lipinski definition) is 2. The molecule has 9 heteroatoms. The standard InChI is InChI=1S/C20H20N4O4S/c1-20(2)19-23-14(15(25)18(27)24(19)8-9-28-20)16(26)21-10-13-11-29-17(22-13)12-6-4-3-5-7-12/h3-7,11,25H,8-10H2,1-2H3,(H,21,26). The normalized spacial score (nSPS) is 15.0. The van der Waals surface area contributed by atoms with E-state index in [1.165, 1.54) is 15.9 Å². The highest BCUT2D eigenvalue weighted by atomic mass is 32.1. The predicted molar refractivity (Wildman–Crippen MR) is 108 cm³/mol. The molecule has 1 amide bonds. The SMILES string of the molecule is CC1(C)OCCn2c1nc(C(=O)NCc1csc(-c3ccccc3)n1)c(O)c2=O. The first-order valence-corrected chi connectivity index (χ1v) is 10.0. The number of hydrogen-bond acceptors (Lipinski definition) is 7. The number of ether oxygens (including phenoxy) is 1. The van der Waals surface area contributed by atoms with E-state index in [0.717, 1.165) is 10.6 Å². The lowest BCUT2D eigenvalue weighted by Gasteiger charge is -2.32. The van der Waals surface area contributed by atoms with Crippen LogP contribution in [0.5, 0.6) is 5.75 Å². The van der Waals surface area contributed by atoms with Gasteiger partial charge in [-0.15, -0.1) is 11.3 Å². The molecule has 0 fully saturated rings. The van der Waals surface area contributed by atoms with Crippen LogP contribution in [0.15, 0.2) is 40.5 Å². The van der Waals surface area contributed by atoms with Crippen molar-refractivity contribution in [2.45, 2.75) is 32.5 Å². The number of thiazole rings is 1. The van der Waals surface area contributed by atoms with E-state index in [1.54, 1.807) is 13.8 Å². The van der Waals surface area contributed by atoms with Gasteiger partial charge in [-0.2, -0.15) is 0 Å². The quantitative estimate of drug-likeness (QED) is 0.681. The zero-order valence-electron chi connectivity index (χ0n) is 16.0. The van der Waals surface area contributed by atoms with Gasteiger partial charge in [0.15, 0.2) is 5.69 Å². The topological polar surface area (TPSA) is 106 Å². The minimum atomic E-state index is -0.834. The van der Waals surface area contributed by atoms with Gasteiger partial charge in [0.2, 0.25) is 5.75 Å². The van der Waals surface area contributed by atoms with Crippen molar-refractivity contribution in [3.05, 3.63) is 63.3 Å². The summed E-state index contributed by atoms with van der Waals surface area (Å²) in [4.78, 5) is 33.9. The van der Waals surface area contributed by atoms with Crippen LogP contribution < -0.4 is 10.9 Å². The number of aromatic nitrogens is 3. The third kappa shape index (κ3) is 3.66. The van der Waals surface area contributed by atoms with E-state index in [9.17, 15) is 14.7 Å². The summed E-state index contributed by atoms with van der Waals surface area (Å²) >= 11 is 1.48. The summed E-state index contributed by atoms with van der Waals surface area (Å²) in [6, 6.07) is 9.74. The Bertz CT molecular complexity index is 1120. The van der Waals surface area contributed by atoms with E-state index in [4.69, 9.17) is 4.74 Å². The van der Waals surface area contributed by atoms with Crippen molar-refractivity contribution >= 4 is 17.2 Å². The van der Waals surface area contributed by atoms with E-state index < -0.39 is 22.8 Å². The molecule has 0 radical (unpaired) electrons. The molecule has 4 rings (SSSR count). The molecule has 0 spiro atoms. The molecular formula is C20H20N4O4S. The second-order valence-corrected chi connectivity index (χ2v) is 8.00. The van der Waals surface area contributed by atoms with Gasteiger partial charge in [0, 0.05) is 10.9 Å². The van der Waals surface area contributed by atoms with E-state index in [1.807, 2.05) is 35.7 Å². The first-order chi connectivity index (χ1) is 13.9. The molecule has 0 bridgehead atoms. The van der Waals surface area contributed by atoms with Crippen LogP contribution in [0.1, 0.15) is 35.9 Å². The van der Waals surface area contributed by atoms with Crippen LogP contribution >= 0.6 is 11.3 Å². The van der Waals surface area contributed by atoms with E-state index in [2.05, 4.69) is 15.3 Å². The summed E-state index contributed by atoms with van der Waals surface area (Å²) in [6.45, 7) is 4.30. The highest BCUT2D eigenvalue weighted by molar-refractivity contribution is 7.13. The molecule has 2 aromatic heterocycles. The Morgan fingerprint density at radius 2 is 2.07 bits per heavy atom. The van der Waals surface area contributed by atoms with E-state index in [0.29, 0.717) is 18.1 Å². The zero-order valence-corrected chi connectivity index (χ0v) is 16.8. The first kappa shape index (κ1) is 19.3. The van der Waals surface area contributed by atoms with Crippen molar-refractivity contribution in [3.63, 3.8) is 0 Å². The van der Waals surface area contributed by atoms with Crippen LogP contribution in [-0.2, 0) is 23.4 Å². The molecule has 3 aromatic rings. The number of carbonyl (C=O) groups is 1. The minimum Gasteiger partial charge on any atom is -0.501 e. The van der Waals surface area contributed by atoms with Crippen LogP contribution in [0.25, 0.3) is 10.6 Å². The summed E-state index contributed by atoms with van der Waals surface area (Å²) in [6.07, 6.45) is 0. The lowest BCUT2D eigenvalue weighted by molar-refractivity contribution is -0.0566. The first-order valence-electron chi connectivity index (χ1n) is 9.13. The zero-order chi connectivity index (χ0) is 20.6. The Morgan fingerprint density at radius 3 is 2.83 bits per heavy atom. The summed E-state index contributed by atoms with van der Waals surface area (Å²) < 4.78 is 7.00. The molecular weight excluding hydrogens is 392 g/mol. The fourth-order valence-electron chi connectivity index (χ4n) is 3.18.